The highest BCUT2D eigenvalue weighted by atomic mass is 32.2. The fourth-order valence-corrected chi connectivity index (χ4v) is 3.89. The maximum Gasteiger partial charge on any atom is 0.257 e. The van der Waals surface area contributed by atoms with E-state index < -0.39 is 0 Å². The third-order valence-corrected chi connectivity index (χ3v) is 5.38. The van der Waals surface area contributed by atoms with Crippen LogP contribution in [0.1, 0.15) is 25.0 Å². The van der Waals surface area contributed by atoms with Crippen molar-refractivity contribution in [2.75, 3.05) is 6.61 Å². The Morgan fingerprint density at radius 2 is 2.24 bits per heavy atom. The highest BCUT2D eigenvalue weighted by Gasteiger charge is 2.18. The monoisotopic (exact) mass is 372 g/mol. The molecule has 1 N–H and O–H groups in total. The summed E-state index contributed by atoms with van der Waals surface area (Å²) in [6.07, 6.45) is 0. The van der Waals surface area contributed by atoms with Crippen LogP contribution in [0.25, 0.3) is 21.8 Å². The molecular weight excluding hydrogens is 356 g/mol. The number of benzene rings is 1. The zero-order valence-electron chi connectivity index (χ0n) is 13.7. The van der Waals surface area contributed by atoms with Gasteiger partial charge in [-0.05, 0) is 37.4 Å². The van der Waals surface area contributed by atoms with Gasteiger partial charge in [0.2, 0.25) is 5.89 Å². The molecule has 0 aliphatic carbocycles. The van der Waals surface area contributed by atoms with Gasteiger partial charge in [0.25, 0.3) is 5.89 Å². The van der Waals surface area contributed by atoms with Crippen LogP contribution >= 0.6 is 23.1 Å². The molecule has 4 rings (SSSR count). The van der Waals surface area contributed by atoms with Crippen LogP contribution in [-0.4, -0.2) is 26.8 Å². The zero-order chi connectivity index (χ0) is 17.2. The second kappa shape index (κ2) is 6.89. The Hall–Kier alpha value is -2.32. The number of fused-ring (bicyclic) bond motifs is 1. The maximum absolute atomic E-state index is 5.79. The number of imidazole rings is 1. The summed E-state index contributed by atoms with van der Waals surface area (Å²) in [4.78, 5) is 8.89. The second-order valence-corrected chi connectivity index (χ2v) is 7.61. The van der Waals surface area contributed by atoms with E-state index in [0.717, 1.165) is 26.8 Å². The lowest BCUT2D eigenvalue weighted by molar-refractivity contribution is 0.340. The van der Waals surface area contributed by atoms with Gasteiger partial charge in [-0.2, -0.15) is 0 Å². The van der Waals surface area contributed by atoms with Crippen molar-refractivity contribution < 1.29 is 9.15 Å². The molecule has 128 valence electrons. The normalized spacial score (nSPS) is 12.6. The Morgan fingerprint density at radius 3 is 3.04 bits per heavy atom. The molecule has 4 aromatic rings. The summed E-state index contributed by atoms with van der Waals surface area (Å²) < 4.78 is 11.3. The van der Waals surface area contributed by atoms with Crippen LogP contribution in [0.4, 0.5) is 0 Å². The summed E-state index contributed by atoms with van der Waals surface area (Å²) in [5.41, 5.74) is 1.86. The van der Waals surface area contributed by atoms with E-state index in [1.165, 1.54) is 0 Å². The standard InChI is InChI=1S/C17H16N4O2S2/c1-3-22-11-6-7-12-13(9-11)19-17(18-12)25-10(2)15-20-21-16(23-15)14-5-4-8-24-14/h4-10H,3H2,1-2H3,(H,18,19)/t10-/m1/s1. The third kappa shape index (κ3) is 3.40. The van der Waals surface area contributed by atoms with E-state index >= 15 is 0 Å². The fraction of sp³-hybridized carbons (Fsp3) is 0.235. The Kier molecular flexibility index (Phi) is 4.46. The molecule has 25 heavy (non-hydrogen) atoms. The summed E-state index contributed by atoms with van der Waals surface area (Å²) in [6.45, 7) is 4.63. The number of thiophene rings is 1. The average molecular weight is 372 g/mol. The summed E-state index contributed by atoms with van der Waals surface area (Å²) in [6, 6.07) is 9.77. The largest absolute Gasteiger partial charge is 0.494 e. The van der Waals surface area contributed by atoms with Gasteiger partial charge in [-0.25, -0.2) is 4.98 Å². The number of thioether (sulfide) groups is 1. The minimum absolute atomic E-state index is 0.00635. The summed E-state index contributed by atoms with van der Waals surface area (Å²) in [7, 11) is 0. The molecule has 3 heterocycles. The van der Waals surface area contributed by atoms with E-state index in [9.17, 15) is 0 Å². The number of rotatable bonds is 6. The van der Waals surface area contributed by atoms with Gasteiger partial charge in [0.15, 0.2) is 5.16 Å². The van der Waals surface area contributed by atoms with E-state index in [0.29, 0.717) is 18.4 Å². The van der Waals surface area contributed by atoms with Crippen LogP contribution in [0.2, 0.25) is 0 Å². The molecule has 0 fully saturated rings. The van der Waals surface area contributed by atoms with E-state index in [1.54, 1.807) is 23.1 Å². The van der Waals surface area contributed by atoms with Crippen molar-refractivity contribution in [3.63, 3.8) is 0 Å². The van der Waals surface area contributed by atoms with Crippen molar-refractivity contribution in [1.82, 2.24) is 20.2 Å². The van der Waals surface area contributed by atoms with Gasteiger partial charge in [0.05, 0.1) is 27.8 Å². The molecule has 0 amide bonds. The van der Waals surface area contributed by atoms with Crippen molar-refractivity contribution in [2.24, 2.45) is 0 Å². The van der Waals surface area contributed by atoms with Crippen LogP contribution in [0.15, 0.2) is 45.3 Å². The summed E-state index contributed by atoms with van der Waals surface area (Å²) in [5, 5.41) is 11.1. The van der Waals surface area contributed by atoms with Crippen LogP contribution in [-0.2, 0) is 0 Å². The lowest BCUT2D eigenvalue weighted by Gasteiger charge is -2.02. The highest BCUT2D eigenvalue weighted by Crippen LogP contribution is 2.35. The number of ether oxygens (including phenoxy) is 1. The van der Waals surface area contributed by atoms with Crippen LogP contribution < -0.4 is 4.74 Å². The van der Waals surface area contributed by atoms with Gasteiger partial charge in [-0.3, -0.25) is 0 Å². The molecule has 0 saturated heterocycles. The number of H-pyrrole nitrogens is 1. The fourth-order valence-electron chi connectivity index (χ4n) is 2.39. The first-order valence-electron chi connectivity index (χ1n) is 7.89. The van der Waals surface area contributed by atoms with Gasteiger partial charge >= 0.3 is 0 Å². The van der Waals surface area contributed by atoms with Crippen molar-refractivity contribution in [1.29, 1.82) is 0 Å². The Balaban J connectivity index is 1.52. The Bertz CT molecular complexity index is 978. The minimum atomic E-state index is -0.00635. The van der Waals surface area contributed by atoms with Gasteiger partial charge in [-0.1, -0.05) is 17.8 Å². The predicted molar refractivity (Wildman–Crippen MR) is 99.1 cm³/mol. The van der Waals surface area contributed by atoms with Crippen molar-refractivity contribution >= 4 is 34.1 Å². The van der Waals surface area contributed by atoms with Gasteiger partial charge in [0, 0.05) is 6.07 Å². The second-order valence-electron chi connectivity index (χ2n) is 5.34. The van der Waals surface area contributed by atoms with Crippen LogP contribution in [0, 0.1) is 0 Å². The quantitative estimate of drug-likeness (QED) is 0.484. The SMILES string of the molecule is CCOc1ccc2nc(S[C@H](C)c3nnc(-c4cccs4)o3)[nH]c2c1. The highest BCUT2D eigenvalue weighted by molar-refractivity contribution is 7.99. The molecule has 0 saturated carbocycles. The van der Waals surface area contributed by atoms with Gasteiger partial charge in [-0.15, -0.1) is 21.5 Å². The predicted octanol–water partition coefficient (Wildman–Crippen LogP) is 4.93. The first-order chi connectivity index (χ1) is 12.2. The molecular formula is C17H16N4O2S2. The van der Waals surface area contributed by atoms with E-state index in [4.69, 9.17) is 9.15 Å². The number of aromatic amines is 1. The van der Waals surface area contributed by atoms with Crippen LogP contribution in [0.5, 0.6) is 5.75 Å². The van der Waals surface area contributed by atoms with E-state index in [1.807, 2.05) is 49.6 Å². The van der Waals surface area contributed by atoms with E-state index in [2.05, 4.69) is 20.2 Å². The third-order valence-electron chi connectivity index (χ3n) is 3.55. The number of aromatic nitrogens is 4. The number of hydrogen-bond acceptors (Lipinski definition) is 7. The topological polar surface area (TPSA) is 76.8 Å². The number of nitrogens with one attached hydrogen (secondary N) is 1. The molecule has 0 unspecified atom stereocenters. The molecule has 0 aliphatic heterocycles. The van der Waals surface area contributed by atoms with Gasteiger partial charge in [0.1, 0.15) is 5.75 Å². The van der Waals surface area contributed by atoms with Crippen molar-refractivity contribution in [3.8, 4) is 16.5 Å². The molecule has 6 nitrogen and oxygen atoms in total. The lowest BCUT2D eigenvalue weighted by Crippen LogP contribution is -1.90. The average Bonchev–Trinajstić information content (AvgIpc) is 3.34. The Morgan fingerprint density at radius 1 is 1.32 bits per heavy atom. The summed E-state index contributed by atoms with van der Waals surface area (Å²) in [5.74, 6) is 1.98. The van der Waals surface area contributed by atoms with E-state index in [-0.39, 0.29) is 5.25 Å². The first kappa shape index (κ1) is 16.2. The molecule has 0 spiro atoms. The molecule has 0 aliphatic rings. The zero-order valence-corrected chi connectivity index (χ0v) is 15.4. The van der Waals surface area contributed by atoms with Crippen molar-refractivity contribution in [2.45, 2.75) is 24.3 Å². The minimum Gasteiger partial charge on any atom is -0.494 e. The van der Waals surface area contributed by atoms with Crippen LogP contribution in [0.3, 0.4) is 0 Å². The van der Waals surface area contributed by atoms with Gasteiger partial charge < -0.3 is 14.1 Å². The Labute approximate surface area is 152 Å². The molecule has 0 radical (unpaired) electrons. The number of hydrogen-bond donors (Lipinski definition) is 1. The number of nitrogens with zero attached hydrogens (tertiary/aromatic N) is 3. The molecule has 3 aromatic heterocycles. The molecule has 1 aromatic carbocycles. The first-order valence-corrected chi connectivity index (χ1v) is 9.65. The molecule has 0 bridgehead atoms. The lowest BCUT2D eigenvalue weighted by atomic mass is 10.3. The molecule has 8 heteroatoms. The molecule has 1 atom stereocenters. The summed E-state index contributed by atoms with van der Waals surface area (Å²) >= 11 is 3.13. The van der Waals surface area contributed by atoms with Crippen molar-refractivity contribution in [3.05, 3.63) is 41.6 Å². The maximum atomic E-state index is 5.79. The smallest absolute Gasteiger partial charge is 0.257 e.